The minimum Gasteiger partial charge on any atom is -0.373 e. The van der Waals surface area contributed by atoms with E-state index < -0.39 is 0 Å². The molecule has 4 nitrogen and oxygen atoms in total. The zero-order valence-electron chi connectivity index (χ0n) is 15.6. The molecular weight excluding hydrogens is 324 g/mol. The molecule has 0 aromatic carbocycles. The van der Waals surface area contributed by atoms with Crippen molar-refractivity contribution in [1.82, 2.24) is 10.6 Å². The number of ether oxygens (including phenoxy) is 1. The second kappa shape index (κ2) is 11.3. The van der Waals surface area contributed by atoms with Crippen LogP contribution in [0.3, 0.4) is 0 Å². The first-order valence-corrected chi connectivity index (χ1v) is 9.76. The summed E-state index contributed by atoms with van der Waals surface area (Å²) >= 11 is 0. The van der Waals surface area contributed by atoms with Crippen LogP contribution in [0, 0.1) is 11.8 Å². The summed E-state index contributed by atoms with van der Waals surface area (Å²) in [6.07, 6.45) is 10.1. The maximum atomic E-state index is 12.4. The van der Waals surface area contributed by atoms with Crippen molar-refractivity contribution in [2.24, 2.45) is 11.8 Å². The third kappa shape index (κ3) is 6.89. The summed E-state index contributed by atoms with van der Waals surface area (Å²) in [6.45, 7) is 8.07. The summed E-state index contributed by atoms with van der Waals surface area (Å²) in [5, 5.41) is 6.64. The van der Waals surface area contributed by atoms with Gasteiger partial charge in [0.1, 0.15) is 0 Å². The number of hydrogen-bond donors (Lipinski definition) is 2. The summed E-state index contributed by atoms with van der Waals surface area (Å²) in [5.41, 5.74) is -0.0977. The quantitative estimate of drug-likeness (QED) is 0.694. The molecular formula is C19H37ClN2O2. The van der Waals surface area contributed by atoms with Crippen molar-refractivity contribution in [2.75, 3.05) is 26.2 Å². The number of nitrogens with one attached hydrogen (secondary N) is 2. The zero-order valence-corrected chi connectivity index (χ0v) is 16.4. The number of piperidine rings is 1. The molecule has 2 aliphatic rings. The Hall–Kier alpha value is -0.320. The first kappa shape index (κ1) is 21.7. The van der Waals surface area contributed by atoms with Gasteiger partial charge in [0.2, 0.25) is 5.91 Å². The molecule has 2 fully saturated rings. The van der Waals surface area contributed by atoms with E-state index in [1.807, 2.05) is 0 Å². The summed E-state index contributed by atoms with van der Waals surface area (Å²) in [6, 6.07) is 0. The van der Waals surface area contributed by atoms with E-state index in [2.05, 4.69) is 24.5 Å². The molecule has 1 aliphatic carbocycles. The molecule has 0 bridgehead atoms. The number of amides is 1. The second-order valence-corrected chi connectivity index (χ2v) is 7.66. The topological polar surface area (TPSA) is 50.4 Å². The third-order valence-corrected chi connectivity index (χ3v) is 5.63. The lowest BCUT2D eigenvalue weighted by molar-refractivity contribution is -0.125. The van der Waals surface area contributed by atoms with E-state index in [1.165, 1.54) is 32.1 Å². The molecule has 5 heteroatoms. The molecule has 1 aliphatic heterocycles. The van der Waals surface area contributed by atoms with Gasteiger partial charge in [0.05, 0.1) is 5.60 Å². The molecule has 1 amide bonds. The van der Waals surface area contributed by atoms with Gasteiger partial charge in [-0.3, -0.25) is 4.79 Å². The molecule has 142 valence electrons. The monoisotopic (exact) mass is 360 g/mol. The maximum Gasteiger partial charge on any atom is 0.220 e. The Bertz CT molecular complexity index is 353. The van der Waals surface area contributed by atoms with E-state index >= 15 is 0 Å². The molecule has 2 N–H and O–H groups in total. The van der Waals surface area contributed by atoms with E-state index in [0.717, 1.165) is 39.0 Å². The molecule has 0 aromatic rings. The Morgan fingerprint density at radius 1 is 1.29 bits per heavy atom. The third-order valence-electron chi connectivity index (χ3n) is 5.63. The van der Waals surface area contributed by atoms with Crippen molar-refractivity contribution in [1.29, 1.82) is 0 Å². The average Bonchev–Trinajstić information content (AvgIpc) is 2.60. The van der Waals surface area contributed by atoms with Gasteiger partial charge in [-0.2, -0.15) is 0 Å². The van der Waals surface area contributed by atoms with Crippen LogP contribution in [0.2, 0.25) is 0 Å². The van der Waals surface area contributed by atoms with Crippen LogP contribution in [0.4, 0.5) is 0 Å². The predicted molar refractivity (Wildman–Crippen MR) is 102 cm³/mol. The van der Waals surface area contributed by atoms with Crippen molar-refractivity contribution < 1.29 is 9.53 Å². The molecule has 1 heterocycles. The highest BCUT2D eigenvalue weighted by Crippen LogP contribution is 2.31. The number of halogens is 1. The molecule has 1 saturated carbocycles. The van der Waals surface area contributed by atoms with Gasteiger partial charge in [0.25, 0.3) is 0 Å². The van der Waals surface area contributed by atoms with Gasteiger partial charge in [0, 0.05) is 19.6 Å². The summed E-state index contributed by atoms with van der Waals surface area (Å²) in [5.74, 6) is 1.31. The van der Waals surface area contributed by atoms with E-state index in [-0.39, 0.29) is 23.9 Å². The van der Waals surface area contributed by atoms with E-state index in [1.54, 1.807) is 0 Å². The van der Waals surface area contributed by atoms with Gasteiger partial charge in [0.15, 0.2) is 0 Å². The van der Waals surface area contributed by atoms with Crippen LogP contribution in [0.1, 0.15) is 71.6 Å². The summed E-state index contributed by atoms with van der Waals surface area (Å²) < 4.78 is 6.17. The summed E-state index contributed by atoms with van der Waals surface area (Å²) in [4.78, 5) is 12.4. The molecule has 0 spiro atoms. The highest BCUT2D eigenvalue weighted by Gasteiger charge is 2.33. The first-order valence-electron chi connectivity index (χ1n) is 9.76. The van der Waals surface area contributed by atoms with Crippen LogP contribution >= 0.6 is 12.4 Å². The van der Waals surface area contributed by atoms with Crippen molar-refractivity contribution in [3.63, 3.8) is 0 Å². The smallest absolute Gasteiger partial charge is 0.220 e. The minimum atomic E-state index is -0.0977. The van der Waals surface area contributed by atoms with E-state index in [9.17, 15) is 4.79 Å². The Labute approximate surface area is 154 Å². The first-order chi connectivity index (χ1) is 11.2. The van der Waals surface area contributed by atoms with Crippen molar-refractivity contribution >= 4 is 18.3 Å². The van der Waals surface area contributed by atoms with Gasteiger partial charge >= 0.3 is 0 Å². The lowest BCUT2D eigenvalue weighted by Gasteiger charge is -2.37. The standard InChI is InChI=1S/C19H36N2O2.ClH/c1-3-12-23-19(9-5-4-6-10-19)15-21-18(22)13-16(2)17-8-7-11-20-14-17;/h16-17,20H,3-15H2,1-2H3,(H,21,22);1H. The SMILES string of the molecule is CCCOC1(CNC(=O)CC(C)C2CCCNC2)CCCCC1.Cl. The molecule has 24 heavy (non-hydrogen) atoms. The van der Waals surface area contributed by atoms with Crippen LogP contribution < -0.4 is 10.6 Å². The fraction of sp³-hybridized carbons (Fsp3) is 0.947. The average molecular weight is 361 g/mol. The van der Waals surface area contributed by atoms with Crippen molar-refractivity contribution in [2.45, 2.75) is 77.2 Å². The number of carbonyl (C=O) groups excluding carboxylic acids is 1. The highest BCUT2D eigenvalue weighted by atomic mass is 35.5. The van der Waals surface area contributed by atoms with Crippen LogP contribution in [-0.4, -0.2) is 37.7 Å². The number of hydrogen-bond acceptors (Lipinski definition) is 3. The zero-order chi connectivity index (χ0) is 16.5. The fourth-order valence-corrected chi connectivity index (χ4v) is 4.04. The fourth-order valence-electron chi connectivity index (χ4n) is 4.04. The Balaban J connectivity index is 0.00000288. The molecule has 1 saturated heterocycles. The maximum absolute atomic E-state index is 12.4. The van der Waals surface area contributed by atoms with Crippen LogP contribution in [0.15, 0.2) is 0 Å². The summed E-state index contributed by atoms with van der Waals surface area (Å²) in [7, 11) is 0. The lowest BCUT2D eigenvalue weighted by atomic mass is 9.83. The molecule has 0 radical (unpaired) electrons. The molecule has 0 aromatic heterocycles. The van der Waals surface area contributed by atoms with Gasteiger partial charge in [-0.05, 0) is 57.0 Å². The van der Waals surface area contributed by atoms with Crippen LogP contribution in [0.5, 0.6) is 0 Å². The van der Waals surface area contributed by atoms with Crippen molar-refractivity contribution in [3.05, 3.63) is 0 Å². The lowest BCUT2D eigenvalue weighted by Crippen LogP contribution is -2.47. The number of rotatable bonds is 8. The largest absolute Gasteiger partial charge is 0.373 e. The molecule has 2 rings (SSSR count). The Kier molecular flexibility index (Phi) is 10.3. The number of carbonyl (C=O) groups is 1. The molecule has 2 atom stereocenters. The van der Waals surface area contributed by atoms with E-state index in [0.29, 0.717) is 24.8 Å². The van der Waals surface area contributed by atoms with Gasteiger partial charge in [-0.15, -0.1) is 12.4 Å². The van der Waals surface area contributed by atoms with Gasteiger partial charge < -0.3 is 15.4 Å². The minimum absolute atomic E-state index is 0. The van der Waals surface area contributed by atoms with Gasteiger partial charge in [-0.25, -0.2) is 0 Å². The van der Waals surface area contributed by atoms with Crippen LogP contribution in [-0.2, 0) is 9.53 Å². The molecule has 2 unspecified atom stereocenters. The van der Waals surface area contributed by atoms with Crippen molar-refractivity contribution in [3.8, 4) is 0 Å². The Morgan fingerprint density at radius 2 is 2.04 bits per heavy atom. The van der Waals surface area contributed by atoms with Gasteiger partial charge in [-0.1, -0.05) is 33.1 Å². The van der Waals surface area contributed by atoms with E-state index in [4.69, 9.17) is 4.74 Å². The Morgan fingerprint density at radius 3 is 2.67 bits per heavy atom. The normalized spacial score (nSPS) is 24.7. The second-order valence-electron chi connectivity index (χ2n) is 7.66. The predicted octanol–water partition coefficient (Wildman–Crippen LogP) is 3.68. The highest BCUT2D eigenvalue weighted by molar-refractivity contribution is 5.85. The van der Waals surface area contributed by atoms with Crippen LogP contribution in [0.25, 0.3) is 0 Å².